The Bertz CT molecular complexity index is 606. The van der Waals surface area contributed by atoms with Crippen LogP contribution in [-0.4, -0.2) is 0 Å². The molecule has 0 aliphatic rings. The zero-order valence-electron chi connectivity index (χ0n) is 15.8. The molecule has 2 heteroatoms. The number of hydrogen-bond donors (Lipinski definition) is 0. The summed E-state index contributed by atoms with van der Waals surface area (Å²) in [6.07, 6.45) is 24.1. The van der Waals surface area contributed by atoms with Crippen LogP contribution in [-0.2, 0) is 0 Å². The molecule has 1 heterocycles. The molecule has 1 aromatic carbocycles. The lowest BCUT2D eigenvalue weighted by atomic mass is 10.1. The van der Waals surface area contributed by atoms with Gasteiger partial charge in [-0.2, -0.15) is 4.57 Å². The highest BCUT2D eigenvalue weighted by Gasteiger charge is 1.98. The Kier molecular flexibility index (Phi) is 12.3. The van der Waals surface area contributed by atoms with E-state index in [0.717, 1.165) is 0 Å². The molecule has 0 radical (unpaired) electrons. The second kappa shape index (κ2) is 14.1. The lowest BCUT2D eigenvalue weighted by Crippen LogP contribution is -3.00. The van der Waals surface area contributed by atoms with Gasteiger partial charge in [-0.25, -0.2) is 0 Å². The third kappa shape index (κ3) is 9.21. The summed E-state index contributed by atoms with van der Waals surface area (Å²) in [7, 11) is 0. The Balaban J connectivity index is 0.00000312. The monoisotopic (exact) mass is 403 g/mol. The lowest BCUT2D eigenvalue weighted by Gasteiger charge is -2.01. The molecule has 0 atom stereocenters. The van der Waals surface area contributed by atoms with Crippen LogP contribution < -0.4 is 21.5 Å². The molecule has 0 saturated carbocycles. The van der Waals surface area contributed by atoms with Crippen molar-refractivity contribution in [3.05, 3.63) is 48.8 Å². The van der Waals surface area contributed by atoms with Gasteiger partial charge >= 0.3 is 0 Å². The molecule has 0 unspecified atom stereocenters. The molecule has 0 aliphatic carbocycles. The first-order chi connectivity index (χ1) is 11.9. The van der Waals surface area contributed by atoms with Crippen LogP contribution in [0.3, 0.4) is 0 Å². The third-order valence-electron chi connectivity index (χ3n) is 4.71. The van der Waals surface area contributed by atoms with Gasteiger partial charge in [0.2, 0.25) is 0 Å². The Labute approximate surface area is 164 Å². The molecule has 0 N–H and O–H groups in total. The SMILES string of the molecule is CCCCCCCCCCCCC=C[n+]1ccc2ccccc2c1.[Br-]. The lowest BCUT2D eigenvalue weighted by molar-refractivity contribution is -0.566. The number of hydrogen-bond acceptors (Lipinski definition) is 0. The number of fused-ring (bicyclic) bond motifs is 1. The number of allylic oxidation sites excluding steroid dienone is 1. The summed E-state index contributed by atoms with van der Waals surface area (Å²) in [5.41, 5.74) is 0. The van der Waals surface area contributed by atoms with Crippen molar-refractivity contribution < 1.29 is 21.5 Å². The fraction of sp³-hybridized carbons (Fsp3) is 0.522. The Hall–Kier alpha value is -1.15. The molecular weight excluding hydrogens is 370 g/mol. The smallest absolute Gasteiger partial charge is 0.182 e. The summed E-state index contributed by atoms with van der Waals surface area (Å²) in [6.45, 7) is 2.28. The second-order valence-electron chi connectivity index (χ2n) is 6.88. The summed E-state index contributed by atoms with van der Waals surface area (Å²) in [5.74, 6) is 0. The van der Waals surface area contributed by atoms with Gasteiger partial charge in [0.05, 0.1) is 0 Å². The first-order valence-corrected chi connectivity index (χ1v) is 9.96. The molecule has 0 aliphatic heterocycles. The minimum Gasteiger partial charge on any atom is -1.00 e. The van der Waals surface area contributed by atoms with Crippen molar-refractivity contribution in [2.75, 3.05) is 0 Å². The molecule has 0 amide bonds. The maximum absolute atomic E-state index is 2.31. The number of aromatic nitrogens is 1. The fourth-order valence-electron chi connectivity index (χ4n) is 3.19. The van der Waals surface area contributed by atoms with Crippen LogP contribution in [0.15, 0.2) is 48.8 Å². The van der Waals surface area contributed by atoms with Crippen molar-refractivity contribution in [1.29, 1.82) is 0 Å². The van der Waals surface area contributed by atoms with E-state index in [-0.39, 0.29) is 17.0 Å². The minimum atomic E-state index is 0. The van der Waals surface area contributed by atoms with Crippen LogP contribution in [0.4, 0.5) is 0 Å². The van der Waals surface area contributed by atoms with Crippen molar-refractivity contribution >= 4 is 17.0 Å². The van der Waals surface area contributed by atoms with E-state index in [0.29, 0.717) is 0 Å². The number of benzene rings is 1. The fourth-order valence-corrected chi connectivity index (χ4v) is 3.19. The largest absolute Gasteiger partial charge is 1.00 e. The highest BCUT2D eigenvalue weighted by molar-refractivity contribution is 5.80. The van der Waals surface area contributed by atoms with E-state index in [1.165, 1.54) is 81.4 Å². The molecule has 1 aromatic heterocycles. The molecule has 0 saturated heterocycles. The van der Waals surface area contributed by atoms with Crippen molar-refractivity contribution in [3.8, 4) is 0 Å². The average Bonchev–Trinajstić information content (AvgIpc) is 2.62. The predicted molar refractivity (Wildman–Crippen MR) is 106 cm³/mol. The molecule has 25 heavy (non-hydrogen) atoms. The van der Waals surface area contributed by atoms with E-state index in [9.17, 15) is 0 Å². The predicted octanol–water partition coefficient (Wildman–Crippen LogP) is 3.91. The van der Waals surface area contributed by atoms with Crippen molar-refractivity contribution in [1.82, 2.24) is 0 Å². The van der Waals surface area contributed by atoms with E-state index < -0.39 is 0 Å². The summed E-state index contributed by atoms with van der Waals surface area (Å²) in [5, 5.41) is 2.60. The number of pyridine rings is 1. The molecule has 138 valence electrons. The van der Waals surface area contributed by atoms with E-state index in [4.69, 9.17) is 0 Å². The van der Waals surface area contributed by atoms with Gasteiger partial charge < -0.3 is 17.0 Å². The van der Waals surface area contributed by atoms with Crippen LogP contribution in [0.1, 0.15) is 77.6 Å². The minimum absolute atomic E-state index is 0. The van der Waals surface area contributed by atoms with Gasteiger partial charge in [-0.3, -0.25) is 0 Å². The van der Waals surface area contributed by atoms with Gasteiger partial charge in [0, 0.05) is 11.5 Å². The van der Waals surface area contributed by atoms with Gasteiger partial charge in [0.15, 0.2) is 18.6 Å². The summed E-state index contributed by atoms with van der Waals surface area (Å²) in [4.78, 5) is 0. The van der Waals surface area contributed by atoms with Gasteiger partial charge in [0.1, 0.15) is 0 Å². The van der Waals surface area contributed by atoms with Crippen LogP contribution in [0.5, 0.6) is 0 Å². The van der Waals surface area contributed by atoms with E-state index in [2.05, 4.69) is 66.5 Å². The van der Waals surface area contributed by atoms with E-state index in [1.54, 1.807) is 0 Å². The van der Waals surface area contributed by atoms with Crippen molar-refractivity contribution in [3.63, 3.8) is 0 Å². The zero-order chi connectivity index (χ0) is 16.9. The normalized spacial score (nSPS) is 11.1. The molecule has 0 spiro atoms. The number of halogens is 1. The van der Waals surface area contributed by atoms with Crippen LogP contribution in [0.2, 0.25) is 0 Å². The van der Waals surface area contributed by atoms with Crippen LogP contribution in [0.25, 0.3) is 17.0 Å². The number of nitrogens with zero attached hydrogens (tertiary/aromatic N) is 1. The highest BCUT2D eigenvalue weighted by Crippen LogP contribution is 2.12. The molecule has 0 fully saturated rings. The average molecular weight is 404 g/mol. The van der Waals surface area contributed by atoms with Gasteiger partial charge in [0.25, 0.3) is 0 Å². The van der Waals surface area contributed by atoms with Gasteiger partial charge in [-0.1, -0.05) is 82.9 Å². The summed E-state index contributed by atoms with van der Waals surface area (Å²) < 4.78 is 2.17. The quantitative estimate of drug-likeness (QED) is 0.373. The summed E-state index contributed by atoms with van der Waals surface area (Å²) in [6, 6.07) is 10.7. The van der Waals surface area contributed by atoms with Crippen molar-refractivity contribution in [2.24, 2.45) is 0 Å². The number of rotatable bonds is 12. The van der Waals surface area contributed by atoms with Crippen LogP contribution in [0, 0.1) is 0 Å². The van der Waals surface area contributed by atoms with E-state index >= 15 is 0 Å². The zero-order valence-corrected chi connectivity index (χ0v) is 17.4. The molecule has 0 bridgehead atoms. The first kappa shape index (κ1) is 21.9. The Morgan fingerprint density at radius 1 is 0.760 bits per heavy atom. The highest BCUT2D eigenvalue weighted by atomic mass is 79.9. The molecular formula is C23H34BrN. The van der Waals surface area contributed by atoms with Gasteiger partial charge in [-0.05, 0) is 30.4 Å². The molecule has 1 nitrogen and oxygen atoms in total. The third-order valence-corrected chi connectivity index (χ3v) is 4.71. The van der Waals surface area contributed by atoms with Gasteiger partial charge in [-0.15, -0.1) is 0 Å². The molecule has 2 aromatic rings. The maximum Gasteiger partial charge on any atom is 0.182 e. The summed E-state index contributed by atoms with van der Waals surface area (Å²) >= 11 is 0. The Morgan fingerprint density at radius 2 is 1.36 bits per heavy atom. The second-order valence-corrected chi connectivity index (χ2v) is 6.88. The topological polar surface area (TPSA) is 3.88 Å². The maximum atomic E-state index is 2.31. The number of unbranched alkanes of at least 4 members (excludes halogenated alkanes) is 10. The standard InChI is InChI=1S/C23H34N.BrH/c1-2-3-4-5-6-7-8-9-10-11-12-15-19-24-20-18-22-16-13-14-17-23(22)21-24;/h13-21H,2-12H2,1H3;1H/q+1;/p-1. The molecule has 2 rings (SSSR count). The van der Waals surface area contributed by atoms with E-state index in [1.807, 2.05) is 0 Å². The van der Waals surface area contributed by atoms with Crippen LogP contribution >= 0.6 is 0 Å². The Morgan fingerprint density at radius 3 is 2.04 bits per heavy atom. The van der Waals surface area contributed by atoms with Crippen molar-refractivity contribution in [2.45, 2.75) is 77.6 Å². The first-order valence-electron chi connectivity index (χ1n) is 9.96.